The maximum atomic E-state index is 13.7. The number of amides is 1. The third kappa shape index (κ3) is 5.81. The molecule has 3 rings (SSSR count). The molecule has 30 heavy (non-hydrogen) atoms. The van der Waals surface area contributed by atoms with Crippen LogP contribution in [-0.4, -0.2) is 18.7 Å². The third-order valence-electron chi connectivity index (χ3n) is 4.12. The van der Waals surface area contributed by atoms with Crippen molar-refractivity contribution in [2.45, 2.75) is 13.5 Å². The highest BCUT2D eigenvalue weighted by Crippen LogP contribution is 2.19. The van der Waals surface area contributed by atoms with E-state index in [4.69, 9.17) is 21.1 Å². The summed E-state index contributed by atoms with van der Waals surface area (Å²) in [7, 11) is 0. The van der Waals surface area contributed by atoms with E-state index in [1.165, 1.54) is 18.3 Å². The number of halogens is 2. The van der Waals surface area contributed by atoms with Crippen LogP contribution in [0.1, 0.15) is 28.4 Å². The largest absolute Gasteiger partial charge is 0.494 e. The maximum absolute atomic E-state index is 13.7. The molecule has 3 aromatic rings. The number of hydrogen-bond donors (Lipinski definition) is 1. The second-order valence-electron chi connectivity index (χ2n) is 6.22. The SMILES string of the molecule is CCOc1ccc(OCc2ccc(C(=O)NN=Cc3c(F)cccc3Cl)cc2)cc1. The molecule has 0 atom stereocenters. The van der Waals surface area contributed by atoms with Crippen molar-refractivity contribution in [1.82, 2.24) is 5.43 Å². The highest BCUT2D eigenvalue weighted by molar-refractivity contribution is 6.33. The summed E-state index contributed by atoms with van der Waals surface area (Å²) in [4.78, 5) is 12.2. The molecule has 0 aliphatic carbocycles. The van der Waals surface area contributed by atoms with Gasteiger partial charge < -0.3 is 9.47 Å². The first-order valence-corrected chi connectivity index (χ1v) is 9.66. The van der Waals surface area contributed by atoms with Crippen molar-refractivity contribution in [3.05, 3.63) is 94.3 Å². The average Bonchev–Trinajstić information content (AvgIpc) is 2.76. The molecule has 0 fully saturated rings. The fourth-order valence-corrected chi connectivity index (χ4v) is 2.78. The van der Waals surface area contributed by atoms with E-state index in [0.29, 0.717) is 18.8 Å². The molecule has 154 valence electrons. The number of benzene rings is 3. The quantitative estimate of drug-likeness (QED) is 0.397. The first-order valence-electron chi connectivity index (χ1n) is 9.29. The molecule has 0 unspecified atom stereocenters. The number of ether oxygens (including phenoxy) is 2. The Morgan fingerprint density at radius 3 is 2.33 bits per heavy atom. The topological polar surface area (TPSA) is 59.9 Å². The Kier molecular flexibility index (Phi) is 7.40. The number of rotatable bonds is 8. The van der Waals surface area contributed by atoms with E-state index in [2.05, 4.69) is 10.5 Å². The first kappa shape index (κ1) is 21.3. The Balaban J connectivity index is 1.53. The van der Waals surface area contributed by atoms with E-state index >= 15 is 0 Å². The normalized spacial score (nSPS) is 10.8. The van der Waals surface area contributed by atoms with Crippen molar-refractivity contribution in [3.63, 3.8) is 0 Å². The molecule has 0 saturated carbocycles. The molecule has 0 spiro atoms. The summed E-state index contributed by atoms with van der Waals surface area (Å²) in [5, 5.41) is 3.99. The standard InChI is InChI=1S/C23H20ClFN2O3/c1-2-29-18-10-12-19(13-11-18)30-15-16-6-8-17(9-7-16)23(28)27-26-14-20-21(24)4-3-5-22(20)25/h3-14H,2,15H2,1H3,(H,27,28). The number of hydrazone groups is 1. The lowest BCUT2D eigenvalue weighted by Crippen LogP contribution is -2.17. The van der Waals surface area contributed by atoms with Crippen molar-refractivity contribution in [2.24, 2.45) is 5.10 Å². The molecule has 1 amide bonds. The van der Waals surface area contributed by atoms with Crippen LogP contribution in [0.15, 0.2) is 71.8 Å². The number of carbonyl (C=O) groups is 1. The van der Waals surface area contributed by atoms with Crippen LogP contribution in [0.4, 0.5) is 4.39 Å². The van der Waals surface area contributed by atoms with Crippen LogP contribution in [0.3, 0.4) is 0 Å². The van der Waals surface area contributed by atoms with Gasteiger partial charge in [0.15, 0.2) is 0 Å². The van der Waals surface area contributed by atoms with Gasteiger partial charge in [0, 0.05) is 11.1 Å². The average molecular weight is 427 g/mol. The Labute approximate surface area is 179 Å². The second-order valence-corrected chi connectivity index (χ2v) is 6.63. The Bertz CT molecular complexity index is 1000. The van der Waals surface area contributed by atoms with E-state index < -0.39 is 11.7 Å². The van der Waals surface area contributed by atoms with Gasteiger partial charge in [-0.15, -0.1) is 0 Å². The van der Waals surface area contributed by atoms with Gasteiger partial charge in [-0.3, -0.25) is 4.79 Å². The summed E-state index contributed by atoms with van der Waals surface area (Å²) in [6.07, 6.45) is 1.18. The summed E-state index contributed by atoms with van der Waals surface area (Å²) in [6, 6.07) is 18.6. The number of hydrogen-bond acceptors (Lipinski definition) is 4. The second kappa shape index (κ2) is 10.4. The molecule has 0 bridgehead atoms. The molecule has 0 aromatic heterocycles. The molecule has 0 aliphatic rings. The van der Waals surface area contributed by atoms with Crippen molar-refractivity contribution >= 4 is 23.7 Å². The zero-order chi connectivity index (χ0) is 21.3. The summed E-state index contributed by atoms with van der Waals surface area (Å²) < 4.78 is 24.8. The Hall–Kier alpha value is -3.38. The van der Waals surface area contributed by atoms with Crippen LogP contribution in [0.25, 0.3) is 0 Å². The zero-order valence-corrected chi connectivity index (χ0v) is 17.0. The molecule has 1 N–H and O–H groups in total. The van der Waals surface area contributed by atoms with Gasteiger partial charge in [0.25, 0.3) is 5.91 Å². The van der Waals surface area contributed by atoms with Gasteiger partial charge in [0.05, 0.1) is 17.8 Å². The number of nitrogens with zero attached hydrogens (tertiary/aromatic N) is 1. The van der Waals surface area contributed by atoms with Crippen LogP contribution in [0.2, 0.25) is 5.02 Å². The molecule has 0 aliphatic heterocycles. The molecule has 0 saturated heterocycles. The lowest BCUT2D eigenvalue weighted by Gasteiger charge is -2.08. The zero-order valence-electron chi connectivity index (χ0n) is 16.3. The summed E-state index contributed by atoms with van der Waals surface area (Å²) >= 11 is 5.91. The van der Waals surface area contributed by atoms with Crippen LogP contribution < -0.4 is 14.9 Å². The minimum Gasteiger partial charge on any atom is -0.494 e. The van der Waals surface area contributed by atoms with Crippen LogP contribution in [0, 0.1) is 5.82 Å². The van der Waals surface area contributed by atoms with Gasteiger partial charge in [-0.2, -0.15) is 5.10 Å². The van der Waals surface area contributed by atoms with Gasteiger partial charge in [0.2, 0.25) is 0 Å². The van der Waals surface area contributed by atoms with Crippen LogP contribution in [0.5, 0.6) is 11.5 Å². The van der Waals surface area contributed by atoms with Crippen LogP contribution in [-0.2, 0) is 6.61 Å². The molecule has 5 nitrogen and oxygen atoms in total. The van der Waals surface area contributed by atoms with E-state index in [0.717, 1.165) is 17.1 Å². The maximum Gasteiger partial charge on any atom is 0.271 e. The fourth-order valence-electron chi connectivity index (χ4n) is 2.57. The van der Waals surface area contributed by atoms with Gasteiger partial charge in [0.1, 0.15) is 23.9 Å². The minimum atomic E-state index is -0.516. The summed E-state index contributed by atoms with van der Waals surface area (Å²) in [6.45, 7) is 2.90. The highest BCUT2D eigenvalue weighted by atomic mass is 35.5. The van der Waals surface area contributed by atoms with Crippen molar-refractivity contribution in [2.75, 3.05) is 6.61 Å². The Morgan fingerprint density at radius 2 is 1.70 bits per heavy atom. The van der Waals surface area contributed by atoms with Crippen LogP contribution >= 0.6 is 11.6 Å². The highest BCUT2D eigenvalue weighted by Gasteiger charge is 2.06. The fraction of sp³-hybridized carbons (Fsp3) is 0.130. The Morgan fingerprint density at radius 1 is 1.03 bits per heavy atom. The van der Waals surface area contributed by atoms with E-state index in [-0.39, 0.29) is 10.6 Å². The monoisotopic (exact) mass is 426 g/mol. The van der Waals surface area contributed by atoms with Gasteiger partial charge in [-0.1, -0.05) is 29.8 Å². The lowest BCUT2D eigenvalue weighted by atomic mass is 10.1. The summed E-state index contributed by atoms with van der Waals surface area (Å²) in [5.74, 6) is 0.580. The van der Waals surface area contributed by atoms with E-state index in [1.807, 2.05) is 31.2 Å². The molecule has 3 aromatic carbocycles. The molecular formula is C23H20ClFN2O3. The molecule has 0 heterocycles. The van der Waals surface area contributed by atoms with E-state index in [9.17, 15) is 9.18 Å². The smallest absolute Gasteiger partial charge is 0.271 e. The molecular weight excluding hydrogens is 407 g/mol. The third-order valence-corrected chi connectivity index (χ3v) is 4.45. The predicted octanol–water partition coefficient (Wildman–Crippen LogP) is 5.22. The minimum absolute atomic E-state index is 0.112. The van der Waals surface area contributed by atoms with Gasteiger partial charge >= 0.3 is 0 Å². The molecule has 7 heteroatoms. The summed E-state index contributed by atoms with van der Waals surface area (Å²) in [5.41, 5.74) is 3.79. The van der Waals surface area contributed by atoms with Crippen molar-refractivity contribution in [3.8, 4) is 11.5 Å². The van der Waals surface area contributed by atoms with Gasteiger partial charge in [-0.05, 0) is 61.0 Å². The first-order chi connectivity index (χ1) is 14.6. The van der Waals surface area contributed by atoms with E-state index in [1.54, 1.807) is 30.3 Å². The number of carbonyl (C=O) groups excluding carboxylic acids is 1. The van der Waals surface area contributed by atoms with Gasteiger partial charge in [-0.25, -0.2) is 9.82 Å². The van der Waals surface area contributed by atoms with Crippen molar-refractivity contribution < 1.29 is 18.7 Å². The van der Waals surface area contributed by atoms with Crippen molar-refractivity contribution in [1.29, 1.82) is 0 Å². The predicted molar refractivity (Wildman–Crippen MR) is 115 cm³/mol. The number of nitrogens with one attached hydrogen (secondary N) is 1. The lowest BCUT2D eigenvalue weighted by molar-refractivity contribution is 0.0955. The molecule has 0 radical (unpaired) electrons.